The number of carbonyl (C=O) groups excluding carboxylic acids is 1. The van der Waals surface area contributed by atoms with Gasteiger partial charge >= 0.3 is 0 Å². The number of nitrogens with one attached hydrogen (secondary N) is 2. The fourth-order valence-electron chi connectivity index (χ4n) is 2.17. The molecule has 2 N–H and O–H groups in total. The quantitative estimate of drug-likeness (QED) is 0.854. The SMILES string of the molecule is CN(C)c1ccc(NC(=O)C2CCNCC2)cc1. The third-order valence-electron chi connectivity index (χ3n) is 3.36. The Balaban J connectivity index is 1.94. The van der Waals surface area contributed by atoms with E-state index in [4.69, 9.17) is 0 Å². The van der Waals surface area contributed by atoms with Gasteiger partial charge in [-0.15, -0.1) is 0 Å². The minimum absolute atomic E-state index is 0.147. The zero-order chi connectivity index (χ0) is 13.0. The van der Waals surface area contributed by atoms with E-state index in [1.165, 1.54) is 0 Å². The van der Waals surface area contributed by atoms with Crippen molar-refractivity contribution in [1.82, 2.24) is 5.32 Å². The minimum Gasteiger partial charge on any atom is -0.378 e. The highest BCUT2D eigenvalue weighted by Gasteiger charge is 2.20. The van der Waals surface area contributed by atoms with Gasteiger partial charge in [0.25, 0.3) is 0 Å². The summed E-state index contributed by atoms with van der Waals surface area (Å²) < 4.78 is 0. The molecule has 0 atom stereocenters. The Morgan fingerprint density at radius 3 is 2.39 bits per heavy atom. The number of anilines is 2. The van der Waals surface area contributed by atoms with E-state index in [0.29, 0.717) is 0 Å². The van der Waals surface area contributed by atoms with Crippen molar-refractivity contribution >= 4 is 17.3 Å². The summed E-state index contributed by atoms with van der Waals surface area (Å²) >= 11 is 0. The summed E-state index contributed by atoms with van der Waals surface area (Å²) in [7, 11) is 4.01. The smallest absolute Gasteiger partial charge is 0.227 e. The molecule has 2 rings (SSSR count). The van der Waals surface area contributed by atoms with Gasteiger partial charge in [0.1, 0.15) is 0 Å². The van der Waals surface area contributed by atoms with Gasteiger partial charge in [0, 0.05) is 31.4 Å². The summed E-state index contributed by atoms with van der Waals surface area (Å²) in [5.41, 5.74) is 2.01. The van der Waals surface area contributed by atoms with Crippen molar-refractivity contribution in [1.29, 1.82) is 0 Å². The minimum atomic E-state index is 0.147. The number of nitrogens with zero attached hydrogens (tertiary/aromatic N) is 1. The van der Waals surface area contributed by atoms with E-state index in [1.807, 2.05) is 43.3 Å². The van der Waals surface area contributed by atoms with Gasteiger partial charge in [-0.25, -0.2) is 0 Å². The maximum Gasteiger partial charge on any atom is 0.227 e. The number of rotatable bonds is 3. The second-order valence-corrected chi connectivity index (χ2v) is 4.95. The van der Waals surface area contributed by atoms with Crippen molar-refractivity contribution in [2.24, 2.45) is 5.92 Å². The topological polar surface area (TPSA) is 44.4 Å². The van der Waals surface area contributed by atoms with E-state index in [0.717, 1.165) is 37.3 Å². The van der Waals surface area contributed by atoms with E-state index < -0.39 is 0 Å². The van der Waals surface area contributed by atoms with Gasteiger partial charge in [0.2, 0.25) is 5.91 Å². The molecule has 1 aromatic rings. The van der Waals surface area contributed by atoms with Crippen LogP contribution in [-0.2, 0) is 4.79 Å². The molecule has 18 heavy (non-hydrogen) atoms. The summed E-state index contributed by atoms with van der Waals surface area (Å²) in [4.78, 5) is 14.1. The van der Waals surface area contributed by atoms with Crippen LogP contribution in [0.2, 0.25) is 0 Å². The molecule has 1 heterocycles. The Morgan fingerprint density at radius 1 is 1.22 bits per heavy atom. The van der Waals surface area contributed by atoms with Crippen molar-refractivity contribution in [2.75, 3.05) is 37.4 Å². The first-order valence-corrected chi connectivity index (χ1v) is 6.46. The van der Waals surface area contributed by atoms with Crippen LogP contribution < -0.4 is 15.5 Å². The van der Waals surface area contributed by atoms with Crippen LogP contribution in [0.1, 0.15) is 12.8 Å². The van der Waals surface area contributed by atoms with Crippen LogP contribution in [0.25, 0.3) is 0 Å². The summed E-state index contributed by atoms with van der Waals surface area (Å²) in [5, 5.41) is 6.26. The lowest BCUT2D eigenvalue weighted by Gasteiger charge is -2.22. The Labute approximate surface area is 108 Å². The van der Waals surface area contributed by atoms with Gasteiger partial charge in [-0.2, -0.15) is 0 Å². The van der Waals surface area contributed by atoms with Crippen LogP contribution >= 0.6 is 0 Å². The van der Waals surface area contributed by atoms with Crippen molar-refractivity contribution in [3.05, 3.63) is 24.3 Å². The lowest BCUT2D eigenvalue weighted by Crippen LogP contribution is -2.34. The van der Waals surface area contributed by atoms with Crippen LogP contribution in [0, 0.1) is 5.92 Å². The molecular formula is C14H21N3O. The zero-order valence-electron chi connectivity index (χ0n) is 11.1. The fraction of sp³-hybridized carbons (Fsp3) is 0.500. The van der Waals surface area contributed by atoms with Crippen molar-refractivity contribution in [3.8, 4) is 0 Å². The molecule has 4 nitrogen and oxygen atoms in total. The highest BCUT2D eigenvalue weighted by Crippen LogP contribution is 2.18. The molecule has 0 aromatic heterocycles. The summed E-state index contributed by atoms with van der Waals surface area (Å²) in [6.45, 7) is 1.88. The van der Waals surface area contributed by atoms with E-state index >= 15 is 0 Å². The average molecular weight is 247 g/mol. The lowest BCUT2D eigenvalue weighted by molar-refractivity contribution is -0.120. The van der Waals surface area contributed by atoms with Gasteiger partial charge < -0.3 is 15.5 Å². The van der Waals surface area contributed by atoms with Crippen LogP contribution in [0.5, 0.6) is 0 Å². The normalized spacial score (nSPS) is 16.3. The molecule has 1 saturated heterocycles. The van der Waals surface area contributed by atoms with Crippen LogP contribution in [0.4, 0.5) is 11.4 Å². The first-order valence-electron chi connectivity index (χ1n) is 6.46. The molecule has 0 radical (unpaired) electrons. The first kappa shape index (κ1) is 12.9. The Bertz CT molecular complexity index is 394. The number of amides is 1. The van der Waals surface area contributed by atoms with Gasteiger partial charge in [0.05, 0.1) is 0 Å². The summed E-state index contributed by atoms with van der Waals surface area (Å²) in [6, 6.07) is 7.93. The second-order valence-electron chi connectivity index (χ2n) is 4.95. The number of carbonyl (C=O) groups is 1. The molecule has 0 spiro atoms. The van der Waals surface area contributed by atoms with Crippen molar-refractivity contribution in [3.63, 3.8) is 0 Å². The van der Waals surface area contributed by atoms with Crippen LogP contribution in [0.15, 0.2) is 24.3 Å². The molecule has 0 saturated carbocycles. The predicted molar refractivity (Wildman–Crippen MR) is 75.0 cm³/mol. The molecule has 0 aliphatic carbocycles. The molecule has 98 valence electrons. The van der Waals surface area contributed by atoms with E-state index in [9.17, 15) is 4.79 Å². The second kappa shape index (κ2) is 5.87. The van der Waals surface area contributed by atoms with E-state index in [2.05, 4.69) is 10.6 Å². The van der Waals surface area contributed by atoms with Crippen LogP contribution in [0.3, 0.4) is 0 Å². The fourth-order valence-corrected chi connectivity index (χ4v) is 2.17. The van der Waals surface area contributed by atoms with Crippen molar-refractivity contribution < 1.29 is 4.79 Å². The van der Waals surface area contributed by atoms with E-state index in [-0.39, 0.29) is 11.8 Å². The monoisotopic (exact) mass is 247 g/mol. The number of hydrogen-bond donors (Lipinski definition) is 2. The average Bonchev–Trinajstić information content (AvgIpc) is 2.40. The van der Waals surface area contributed by atoms with Crippen LogP contribution in [-0.4, -0.2) is 33.1 Å². The maximum absolute atomic E-state index is 12.0. The largest absolute Gasteiger partial charge is 0.378 e. The number of piperidine rings is 1. The molecule has 0 unspecified atom stereocenters. The number of hydrogen-bond acceptors (Lipinski definition) is 3. The maximum atomic E-state index is 12.0. The molecule has 4 heteroatoms. The molecule has 1 amide bonds. The molecular weight excluding hydrogens is 226 g/mol. The molecule has 0 bridgehead atoms. The Hall–Kier alpha value is -1.55. The van der Waals surface area contributed by atoms with E-state index in [1.54, 1.807) is 0 Å². The predicted octanol–water partition coefficient (Wildman–Crippen LogP) is 1.69. The van der Waals surface area contributed by atoms with Gasteiger partial charge in [-0.1, -0.05) is 0 Å². The summed E-state index contributed by atoms with van der Waals surface area (Å²) in [6.07, 6.45) is 1.86. The molecule has 1 fully saturated rings. The third kappa shape index (κ3) is 3.23. The standard InChI is InChI=1S/C14H21N3O/c1-17(2)13-5-3-12(4-6-13)16-14(18)11-7-9-15-10-8-11/h3-6,11,15H,7-10H2,1-2H3,(H,16,18). The molecule has 1 aliphatic rings. The van der Waals surface area contributed by atoms with Crippen molar-refractivity contribution in [2.45, 2.75) is 12.8 Å². The van der Waals surface area contributed by atoms with Gasteiger partial charge in [0.15, 0.2) is 0 Å². The first-order chi connectivity index (χ1) is 8.66. The van der Waals surface area contributed by atoms with Gasteiger partial charge in [-0.05, 0) is 50.2 Å². The Kier molecular flexibility index (Phi) is 4.20. The number of benzene rings is 1. The molecule has 1 aromatic carbocycles. The highest BCUT2D eigenvalue weighted by molar-refractivity contribution is 5.92. The zero-order valence-corrected chi connectivity index (χ0v) is 11.1. The van der Waals surface area contributed by atoms with Gasteiger partial charge in [-0.3, -0.25) is 4.79 Å². The Morgan fingerprint density at radius 2 is 1.83 bits per heavy atom. The highest BCUT2D eigenvalue weighted by atomic mass is 16.1. The lowest BCUT2D eigenvalue weighted by atomic mass is 9.97. The summed E-state index contributed by atoms with van der Waals surface area (Å²) in [5.74, 6) is 0.300. The third-order valence-corrected chi connectivity index (χ3v) is 3.36. The molecule has 1 aliphatic heterocycles.